The highest BCUT2D eigenvalue weighted by molar-refractivity contribution is 6.37. The molecule has 0 bridgehead atoms. The molecule has 3 aromatic rings. The minimum atomic E-state index is -0.850. The maximum Gasteiger partial charge on any atom is 0.137 e. The van der Waals surface area contributed by atoms with Gasteiger partial charge >= 0.3 is 0 Å². The van der Waals surface area contributed by atoms with E-state index in [2.05, 4.69) is 0 Å². The summed E-state index contributed by atoms with van der Waals surface area (Å²) in [4.78, 5) is 0. The molecular formula is C16H9ClF2O2. The zero-order chi connectivity index (χ0) is 15.1. The van der Waals surface area contributed by atoms with Crippen LogP contribution in [-0.2, 0) is 0 Å². The first-order valence-corrected chi connectivity index (χ1v) is 6.45. The topological polar surface area (TPSA) is 40.5 Å². The van der Waals surface area contributed by atoms with E-state index < -0.39 is 17.4 Å². The average molecular weight is 307 g/mol. The largest absolute Gasteiger partial charge is 0.508 e. The van der Waals surface area contributed by atoms with E-state index in [1.54, 1.807) is 18.2 Å². The molecular weight excluding hydrogens is 298 g/mol. The van der Waals surface area contributed by atoms with E-state index in [9.17, 15) is 19.0 Å². The van der Waals surface area contributed by atoms with Crippen molar-refractivity contribution in [3.63, 3.8) is 0 Å². The van der Waals surface area contributed by atoms with Gasteiger partial charge < -0.3 is 10.2 Å². The van der Waals surface area contributed by atoms with E-state index in [1.165, 1.54) is 12.1 Å². The lowest BCUT2D eigenvalue weighted by molar-refractivity contribution is 0.461. The highest BCUT2D eigenvalue weighted by Crippen LogP contribution is 2.36. The number of phenolic OH excluding ortho intramolecular Hbond substituents is 2. The van der Waals surface area contributed by atoms with Gasteiger partial charge in [-0.05, 0) is 23.1 Å². The molecule has 0 fully saturated rings. The van der Waals surface area contributed by atoms with Gasteiger partial charge in [0.05, 0.1) is 10.6 Å². The lowest BCUT2D eigenvalue weighted by atomic mass is 10.00. The van der Waals surface area contributed by atoms with Crippen LogP contribution in [0, 0.1) is 11.6 Å². The Hall–Kier alpha value is -2.33. The maximum atomic E-state index is 13.9. The number of benzene rings is 3. The van der Waals surface area contributed by atoms with Gasteiger partial charge in [0.15, 0.2) is 0 Å². The molecule has 0 saturated heterocycles. The second kappa shape index (κ2) is 4.90. The van der Waals surface area contributed by atoms with Crippen molar-refractivity contribution in [3.05, 3.63) is 59.1 Å². The fourth-order valence-electron chi connectivity index (χ4n) is 2.27. The summed E-state index contributed by atoms with van der Waals surface area (Å²) in [6, 6.07) is 9.39. The normalized spacial score (nSPS) is 11.0. The van der Waals surface area contributed by atoms with Crippen LogP contribution < -0.4 is 0 Å². The highest BCUT2D eigenvalue weighted by atomic mass is 35.5. The average Bonchev–Trinajstić information content (AvgIpc) is 2.42. The van der Waals surface area contributed by atoms with Crippen LogP contribution in [0.4, 0.5) is 8.78 Å². The Morgan fingerprint density at radius 3 is 2.19 bits per heavy atom. The fraction of sp³-hybridized carbons (Fsp3) is 0. The van der Waals surface area contributed by atoms with Gasteiger partial charge in [0.2, 0.25) is 0 Å². The molecule has 0 unspecified atom stereocenters. The third kappa shape index (κ3) is 2.28. The zero-order valence-electron chi connectivity index (χ0n) is 10.6. The molecule has 2 nitrogen and oxygen atoms in total. The van der Waals surface area contributed by atoms with Crippen LogP contribution in [0.2, 0.25) is 5.02 Å². The summed E-state index contributed by atoms with van der Waals surface area (Å²) in [6.45, 7) is 0. The first-order chi connectivity index (χ1) is 9.97. The van der Waals surface area contributed by atoms with Gasteiger partial charge in [0.25, 0.3) is 0 Å². The molecule has 0 heterocycles. The van der Waals surface area contributed by atoms with Crippen molar-refractivity contribution in [2.45, 2.75) is 0 Å². The Kier molecular flexibility index (Phi) is 3.18. The van der Waals surface area contributed by atoms with Crippen LogP contribution in [0.15, 0.2) is 42.5 Å². The van der Waals surface area contributed by atoms with Crippen molar-refractivity contribution < 1.29 is 19.0 Å². The Balaban J connectivity index is 2.25. The van der Waals surface area contributed by atoms with Crippen LogP contribution in [0.3, 0.4) is 0 Å². The van der Waals surface area contributed by atoms with E-state index in [0.29, 0.717) is 16.3 Å². The van der Waals surface area contributed by atoms with Crippen LogP contribution in [-0.4, -0.2) is 10.2 Å². The van der Waals surface area contributed by atoms with Crippen molar-refractivity contribution >= 4 is 22.4 Å². The number of hydrogen-bond acceptors (Lipinski definition) is 2. The van der Waals surface area contributed by atoms with Crippen molar-refractivity contribution in [2.24, 2.45) is 0 Å². The van der Waals surface area contributed by atoms with Gasteiger partial charge in [0.1, 0.15) is 23.1 Å². The highest BCUT2D eigenvalue weighted by Gasteiger charge is 2.14. The van der Waals surface area contributed by atoms with E-state index in [1.807, 2.05) is 0 Å². The predicted octanol–water partition coefficient (Wildman–Crippen LogP) is 4.85. The fourth-order valence-corrected chi connectivity index (χ4v) is 2.51. The van der Waals surface area contributed by atoms with Crippen molar-refractivity contribution in [3.8, 4) is 22.6 Å². The maximum absolute atomic E-state index is 13.9. The van der Waals surface area contributed by atoms with E-state index in [0.717, 1.165) is 12.1 Å². The van der Waals surface area contributed by atoms with Gasteiger partial charge in [-0.1, -0.05) is 29.8 Å². The molecule has 2 N–H and O–H groups in total. The summed E-state index contributed by atoms with van der Waals surface area (Å²) < 4.78 is 27.7. The Labute approximate surface area is 123 Å². The van der Waals surface area contributed by atoms with Crippen LogP contribution in [0.25, 0.3) is 21.9 Å². The predicted molar refractivity (Wildman–Crippen MR) is 77.6 cm³/mol. The van der Waals surface area contributed by atoms with Gasteiger partial charge in [-0.25, -0.2) is 8.78 Å². The molecule has 0 aliphatic carbocycles. The Morgan fingerprint density at radius 1 is 0.857 bits per heavy atom. The molecule has 0 aliphatic rings. The summed E-state index contributed by atoms with van der Waals surface area (Å²) in [5.74, 6) is -2.23. The smallest absolute Gasteiger partial charge is 0.137 e. The first kappa shape index (κ1) is 13.6. The molecule has 106 valence electrons. The minimum Gasteiger partial charge on any atom is -0.508 e. The SMILES string of the molecule is Oc1cc(F)c(-c2ccc3c(Cl)c(O)ccc3c2)c(F)c1. The zero-order valence-corrected chi connectivity index (χ0v) is 11.3. The third-order valence-electron chi connectivity index (χ3n) is 3.25. The second-order valence-corrected chi connectivity index (χ2v) is 5.00. The van der Waals surface area contributed by atoms with Gasteiger partial charge in [-0.3, -0.25) is 0 Å². The summed E-state index contributed by atoms with van der Waals surface area (Å²) in [7, 11) is 0. The minimum absolute atomic E-state index is 0.0566. The second-order valence-electron chi connectivity index (χ2n) is 4.62. The van der Waals surface area contributed by atoms with Gasteiger partial charge in [0, 0.05) is 17.5 Å². The summed E-state index contributed by atoms with van der Waals surface area (Å²) >= 11 is 5.98. The lowest BCUT2D eigenvalue weighted by Gasteiger charge is -2.09. The van der Waals surface area contributed by atoms with Crippen LogP contribution in [0.1, 0.15) is 0 Å². The van der Waals surface area contributed by atoms with Gasteiger partial charge in [-0.2, -0.15) is 0 Å². The molecule has 0 radical (unpaired) electrons. The number of aromatic hydroxyl groups is 2. The molecule has 5 heteroatoms. The quantitative estimate of drug-likeness (QED) is 0.674. The number of phenols is 2. The lowest BCUT2D eigenvalue weighted by Crippen LogP contribution is -1.90. The number of fused-ring (bicyclic) bond motifs is 1. The number of hydrogen-bond donors (Lipinski definition) is 2. The molecule has 0 saturated carbocycles. The molecule has 21 heavy (non-hydrogen) atoms. The van der Waals surface area contributed by atoms with Gasteiger partial charge in [-0.15, -0.1) is 0 Å². The molecule has 0 atom stereocenters. The third-order valence-corrected chi connectivity index (χ3v) is 3.65. The van der Waals surface area contributed by atoms with Crippen molar-refractivity contribution in [1.82, 2.24) is 0 Å². The van der Waals surface area contributed by atoms with E-state index in [4.69, 9.17) is 11.6 Å². The molecule has 0 amide bonds. The van der Waals surface area contributed by atoms with Crippen molar-refractivity contribution in [2.75, 3.05) is 0 Å². The molecule has 0 aliphatic heterocycles. The van der Waals surface area contributed by atoms with E-state index >= 15 is 0 Å². The first-order valence-electron chi connectivity index (χ1n) is 6.07. The van der Waals surface area contributed by atoms with Crippen LogP contribution in [0.5, 0.6) is 11.5 Å². The summed E-state index contributed by atoms with van der Waals surface area (Å²) in [5, 5.41) is 20.1. The number of halogens is 3. The molecule has 0 aromatic heterocycles. The molecule has 3 aromatic carbocycles. The van der Waals surface area contributed by atoms with Crippen LogP contribution >= 0.6 is 11.6 Å². The molecule has 0 spiro atoms. The summed E-state index contributed by atoms with van der Waals surface area (Å²) in [6.07, 6.45) is 0. The summed E-state index contributed by atoms with van der Waals surface area (Å²) in [5.41, 5.74) is 0.0955. The number of rotatable bonds is 1. The Bertz CT molecular complexity index is 839. The Morgan fingerprint density at radius 2 is 1.52 bits per heavy atom. The van der Waals surface area contributed by atoms with Crippen molar-refractivity contribution in [1.29, 1.82) is 0 Å². The monoisotopic (exact) mass is 306 g/mol. The molecule has 3 rings (SSSR count). The standard InChI is InChI=1S/C16H9ClF2O2/c17-16-11-3-1-9(5-8(11)2-4-14(16)21)15-12(18)6-10(20)7-13(15)19/h1-7,20-21H. The van der Waals surface area contributed by atoms with E-state index in [-0.39, 0.29) is 16.3 Å².